The van der Waals surface area contributed by atoms with Gasteiger partial charge in [0, 0.05) is 50.1 Å². The number of pyridine rings is 2. The molecule has 148 valence electrons. The molecule has 0 spiro atoms. The topological polar surface area (TPSA) is 73.5 Å². The van der Waals surface area contributed by atoms with E-state index in [2.05, 4.69) is 38.1 Å². The van der Waals surface area contributed by atoms with E-state index >= 15 is 0 Å². The third-order valence-corrected chi connectivity index (χ3v) is 4.66. The molecule has 0 radical (unpaired) electrons. The molecule has 7 nitrogen and oxygen atoms in total. The second kappa shape index (κ2) is 8.70. The minimum Gasteiger partial charge on any atom is -0.382 e. The van der Waals surface area contributed by atoms with E-state index in [1.807, 2.05) is 31.2 Å². The molecule has 4 aromatic rings. The molecule has 0 aliphatic carbocycles. The molecule has 29 heavy (non-hydrogen) atoms. The Kier molecular flexibility index (Phi) is 5.67. The number of ether oxygens (including phenoxy) is 1. The number of nitrogens with zero attached hydrogens (tertiary/aromatic N) is 4. The van der Waals surface area contributed by atoms with Crippen molar-refractivity contribution in [3.63, 3.8) is 0 Å². The van der Waals surface area contributed by atoms with Crippen molar-refractivity contribution < 1.29 is 9.53 Å². The lowest BCUT2D eigenvalue weighted by atomic mass is 10.1. The smallest absolute Gasteiger partial charge is 0.271 e. The monoisotopic (exact) mass is 389 g/mol. The number of hydrogen-bond donors (Lipinski definition) is 1. The van der Waals surface area contributed by atoms with E-state index in [0.29, 0.717) is 25.5 Å². The summed E-state index contributed by atoms with van der Waals surface area (Å²) in [5.41, 5.74) is 3.61. The average Bonchev–Trinajstić information content (AvgIpc) is 3.40. The molecule has 4 aromatic heterocycles. The number of carbonyl (C=O) groups is 1. The van der Waals surface area contributed by atoms with Crippen LogP contribution in [0.2, 0.25) is 0 Å². The first kappa shape index (κ1) is 18.9. The lowest BCUT2D eigenvalue weighted by Crippen LogP contribution is -2.25. The fourth-order valence-corrected chi connectivity index (χ4v) is 3.17. The molecule has 0 aromatic carbocycles. The van der Waals surface area contributed by atoms with Gasteiger partial charge in [-0.25, -0.2) is 4.68 Å². The SMILES string of the molecule is CCOCCCNC(=O)c1ccn(-c2ccc3ccc(-c4ccncc4)cn23)n1. The summed E-state index contributed by atoms with van der Waals surface area (Å²) in [6.07, 6.45) is 8.21. The highest BCUT2D eigenvalue weighted by Crippen LogP contribution is 2.22. The first-order valence-electron chi connectivity index (χ1n) is 9.70. The highest BCUT2D eigenvalue weighted by molar-refractivity contribution is 5.92. The Morgan fingerprint density at radius 1 is 1.07 bits per heavy atom. The summed E-state index contributed by atoms with van der Waals surface area (Å²) in [6.45, 7) is 3.85. The van der Waals surface area contributed by atoms with E-state index in [4.69, 9.17) is 4.74 Å². The molecule has 0 saturated carbocycles. The molecular weight excluding hydrogens is 366 g/mol. The Balaban J connectivity index is 1.54. The number of aromatic nitrogens is 4. The maximum absolute atomic E-state index is 12.3. The van der Waals surface area contributed by atoms with Gasteiger partial charge in [0.2, 0.25) is 0 Å². The molecule has 1 N–H and O–H groups in total. The van der Waals surface area contributed by atoms with Gasteiger partial charge >= 0.3 is 0 Å². The molecule has 0 aliphatic rings. The van der Waals surface area contributed by atoms with Crippen molar-refractivity contribution in [3.05, 3.63) is 72.9 Å². The van der Waals surface area contributed by atoms with Crippen molar-refractivity contribution >= 4 is 11.4 Å². The number of amides is 1. The second-order valence-corrected chi connectivity index (χ2v) is 6.59. The Morgan fingerprint density at radius 3 is 2.72 bits per heavy atom. The second-order valence-electron chi connectivity index (χ2n) is 6.59. The van der Waals surface area contributed by atoms with Crippen LogP contribution in [0.15, 0.2) is 67.3 Å². The Hall–Kier alpha value is -3.45. The van der Waals surface area contributed by atoms with Gasteiger partial charge in [0.05, 0.1) is 0 Å². The molecule has 1 amide bonds. The van der Waals surface area contributed by atoms with E-state index in [9.17, 15) is 4.79 Å². The summed E-state index contributed by atoms with van der Waals surface area (Å²) in [4.78, 5) is 16.4. The standard InChI is InChI=1S/C22H23N5O2/c1-2-29-15-3-11-24-22(28)20-10-14-27(25-20)21-7-6-19-5-4-18(16-26(19)21)17-8-12-23-13-9-17/h4-10,12-14,16H,2-3,11,15H2,1H3,(H,24,28). The van der Waals surface area contributed by atoms with E-state index in [1.165, 1.54) is 0 Å². The van der Waals surface area contributed by atoms with Crippen LogP contribution in [-0.2, 0) is 4.74 Å². The summed E-state index contributed by atoms with van der Waals surface area (Å²) in [5, 5.41) is 7.34. The third kappa shape index (κ3) is 4.20. The molecule has 0 unspecified atom stereocenters. The largest absolute Gasteiger partial charge is 0.382 e. The first-order valence-corrected chi connectivity index (χ1v) is 9.70. The molecule has 0 atom stereocenters. The van der Waals surface area contributed by atoms with E-state index in [1.54, 1.807) is 29.3 Å². The fourth-order valence-electron chi connectivity index (χ4n) is 3.17. The van der Waals surface area contributed by atoms with Crippen LogP contribution in [0.3, 0.4) is 0 Å². The van der Waals surface area contributed by atoms with E-state index in [0.717, 1.165) is 28.9 Å². The molecule has 0 saturated heterocycles. The zero-order chi connectivity index (χ0) is 20.1. The van der Waals surface area contributed by atoms with Crippen LogP contribution in [0.4, 0.5) is 0 Å². The van der Waals surface area contributed by atoms with Crippen LogP contribution in [0.25, 0.3) is 22.5 Å². The first-order chi connectivity index (χ1) is 14.3. The zero-order valence-corrected chi connectivity index (χ0v) is 16.3. The number of fused-ring (bicyclic) bond motifs is 1. The molecule has 4 heterocycles. The fraction of sp³-hybridized carbons (Fsp3) is 0.227. The highest BCUT2D eigenvalue weighted by Gasteiger charge is 2.12. The van der Waals surface area contributed by atoms with Gasteiger partial charge in [-0.3, -0.25) is 9.78 Å². The quantitative estimate of drug-likeness (QED) is 0.469. The minimum absolute atomic E-state index is 0.182. The Bertz CT molecular complexity index is 1100. The number of hydrogen-bond acceptors (Lipinski definition) is 4. The van der Waals surface area contributed by atoms with Gasteiger partial charge < -0.3 is 14.5 Å². The molecule has 0 fully saturated rings. The summed E-state index contributed by atoms with van der Waals surface area (Å²) in [5.74, 6) is 0.685. The lowest BCUT2D eigenvalue weighted by molar-refractivity contribution is 0.0939. The molecule has 0 bridgehead atoms. The predicted octanol–water partition coefficient (Wildman–Crippen LogP) is 3.34. The van der Waals surface area contributed by atoms with Crippen molar-refractivity contribution in [3.8, 4) is 16.9 Å². The normalized spacial score (nSPS) is 11.1. The van der Waals surface area contributed by atoms with Crippen molar-refractivity contribution in [1.82, 2.24) is 24.5 Å². The van der Waals surface area contributed by atoms with Gasteiger partial charge in [-0.1, -0.05) is 6.07 Å². The van der Waals surface area contributed by atoms with Crippen LogP contribution in [0.5, 0.6) is 0 Å². The summed E-state index contributed by atoms with van der Waals surface area (Å²) >= 11 is 0. The Morgan fingerprint density at radius 2 is 1.90 bits per heavy atom. The van der Waals surface area contributed by atoms with Gasteiger partial charge in [-0.15, -0.1) is 0 Å². The van der Waals surface area contributed by atoms with E-state index < -0.39 is 0 Å². The van der Waals surface area contributed by atoms with Crippen LogP contribution >= 0.6 is 0 Å². The molecule has 0 aliphatic heterocycles. The van der Waals surface area contributed by atoms with E-state index in [-0.39, 0.29) is 5.91 Å². The lowest BCUT2D eigenvalue weighted by Gasteiger charge is -2.07. The number of nitrogens with one attached hydrogen (secondary N) is 1. The highest BCUT2D eigenvalue weighted by atomic mass is 16.5. The average molecular weight is 389 g/mol. The maximum Gasteiger partial charge on any atom is 0.271 e. The van der Waals surface area contributed by atoms with Crippen LogP contribution in [0, 0.1) is 0 Å². The third-order valence-electron chi connectivity index (χ3n) is 4.66. The summed E-state index contributed by atoms with van der Waals surface area (Å²) in [6, 6.07) is 13.8. The van der Waals surface area contributed by atoms with Gasteiger partial charge in [0.25, 0.3) is 5.91 Å². The maximum atomic E-state index is 12.3. The van der Waals surface area contributed by atoms with Crippen molar-refractivity contribution in [2.75, 3.05) is 19.8 Å². The molecular formula is C22H23N5O2. The molecule has 7 heteroatoms. The van der Waals surface area contributed by atoms with Crippen molar-refractivity contribution in [2.45, 2.75) is 13.3 Å². The van der Waals surface area contributed by atoms with Gasteiger partial charge in [0.1, 0.15) is 5.82 Å². The summed E-state index contributed by atoms with van der Waals surface area (Å²) < 4.78 is 9.06. The minimum atomic E-state index is -0.182. The van der Waals surface area contributed by atoms with Crippen LogP contribution in [-0.4, -0.2) is 44.8 Å². The van der Waals surface area contributed by atoms with Gasteiger partial charge in [0.15, 0.2) is 5.69 Å². The number of carbonyl (C=O) groups excluding carboxylic acids is 1. The number of rotatable bonds is 8. The van der Waals surface area contributed by atoms with Gasteiger partial charge in [-0.05, 0) is 60.9 Å². The van der Waals surface area contributed by atoms with Crippen molar-refractivity contribution in [1.29, 1.82) is 0 Å². The van der Waals surface area contributed by atoms with Crippen molar-refractivity contribution in [2.24, 2.45) is 0 Å². The van der Waals surface area contributed by atoms with Crippen LogP contribution < -0.4 is 5.32 Å². The summed E-state index contributed by atoms with van der Waals surface area (Å²) in [7, 11) is 0. The van der Waals surface area contributed by atoms with Gasteiger partial charge in [-0.2, -0.15) is 5.10 Å². The van der Waals surface area contributed by atoms with Crippen LogP contribution in [0.1, 0.15) is 23.8 Å². The molecule has 4 rings (SSSR count). The zero-order valence-electron chi connectivity index (χ0n) is 16.3. The Labute approximate surface area is 169 Å². The predicted molar refractivity (Wildman–Crippen MR) is 111 cm³/mol.